The number of aliphatic hydroxyl groups excluding tert-OH is 1. The zero-order chi connectivity index (χ0) is 10.7. The molecule has 14 heavy (non-hydrogen) atoms. The quantitative estimate of drug-likeness (QED) is 0.517. The smallest absolute Gasteiger partial charge is 0.275 e. The van der Waals surface area contributed by atoms with Crippen molar-refractivity contribution < 1.29 is 14.4 Å². The summed E-state index contributed by atoms with van der Waals surface area (Å²) >= 11 is 2.96. The fourth-order valence-electron chi connectivity index (χ4n) is 1.04. The lowest BCUT2D eigenvalue weighted by Gasteiger charge is -2.07. The van der Waals surface area contributed by atoms with Crippen molar-refractivity contribution in [1.29, 1.82) is 0 Å². The third-order valence-corrected chi connectivity index (χ3v) is 2.30. The van der Waals surface area contributed by atoms with Crippen LogP contribution in [0.4, 0.5) is 10.1 Å². The first-order valence-electron chi connectivity index (χ1n) is 3.74. The lowest BCUT2D eigenvalue weighted by atomic mass is 10.1. The molecule has 0 heterocycles. The highest BCUT2D eigenvalue weighted by atomic mass is 79.9. The molecule has 0 aliphatic rings. The first-order chi connectivity index (χ1) is 6.56. The first-order valence-corrected chi connectivity index (χ1v) is 4.86. The summed E-state index contributed by atoms with van der Waals surface area (Å²) in [5.74, 6) is -0.606. The molecule has 1 atom stereocenters. The van der Waals surface area contributed by atoms with E-state index in [0.717, 1.165) is 18.2 Å². The molecule has 4 nitrogen and oxygen atoms in total. The molecule has 0 amide bonds. The number of hydrogen-bond donors (Lipinski definition) is 1. The van der Waals surface area contributed by atoms with Crippen LogP contribution in [0.3, 0.4) is 0 Å². The normalized spacial score (nSPS) is 12.5. The van der Waals surface area contributed by atoms with Crippen LogP contribution in [0.2, 0.25) is 0 Å². The van der Waals surface area contributed by atoms with Gasteiger partial charge in [0.25, 0.3) is 5.69 Å². The maximum Gasteiger partial charge on any atom is 0.275 e. The van der Waals surface area contributed by atoms with Crippen LogP contribution < -0.4 is 0 Å². The third kappa shape index (κ3) is 2.27. The predicted octanol–water partition coefficient (Wildman–Crippen LogP) is 2.16. The molecule has 0 aromatic heterocycles. The molecule has 76 valence electrons. The van der Waals surface area contributed by atoms with Crippen molar-refractivity contribution in [2.24, 2.45) is 0 Å². The Bertz CT molecular complexity index is 358. The van der Waals surface area contributed by atoms with E-state index in [4.69, 9.17) is 0 Å². The number of rotatable bonds is 3. The molecule has 0 aliphatic heterocycles. The molecule has 1 aromatic rings. The van der Waals surface area contributed by atoms with E-state index in [9.17, 15) is 19.6 Å². The van der Waals surface area contributed by atoms with Gasteiger partial charge in [-0.05, 0) is 12.1 Å². The van der Waals surface area contributed by atoms with E-state index in [1.165, 1.54) is 0 Å². The largest absolute Gasteiger partial charge is 0.387 e. The van der Waals surface area contributed by atoms with Gasteiger partial charge in [-0.2, -0.15) is 0 Å². The Labute approximate surface area is 87.6 Å². The molecule has 1 rings (SSSR count). The highest BCUT2D eigenvalue weighted by molar-refractivity contribution is 9.09. The summed E-state index contributed by atoms with van der Waals surface area (Å²) in [5, 5.41) is 20.0. The molecule has 0 aliphatic carbocycles. The van der Waals surface area contributed by atoms with Crippen LogP contribution in [-0.2, 0) is 0 Å². The van der Waals surface area contributed by atoms with Crippen LogP contribution in [0.15, 0.2) is 18.2 Å². The van der Waals surface area contributed by atoms with E-state index in [1.54, 1.807) is 0 Å². The second-order valence-corrected chi connectivity index (χ2v) is 3.28. The van der Waals surface area contributed by atoms with Crippen LogP contribution in [0.1, 0.15) is 11.7 Å². The Morgan fingerprint density at radius 3 is 2.79 bits per heavy atom. The van der Waals surface area contributed by atoms with Gasteiger partial charge in [-0.1, -0.05) is 15.9 Å². The van der Waals surface area contributed by atoms with Gasteiger partial charge in [-0.25, -0.2) is 4.39 Å². The van der Waals surface area contributed by atoms with Gasteiger partial charge in [0, 0.05) is 11.4 Å². The van der Waals surface area contributed by atoms with Gasteiger partial charge in [-0.15, -0.1) is 0 Å². The van der Waals surface area contributed by atoms with E-state index in [2.05, 4.69) is 15.9 Å². The second kappa shape index (κ2) is 4.47. The Morgan fingerprint density at radius 1 is 1.64 bits per heavy atom. The Morgan fingerprint density at radius 2 is 2.29 bits per heavy atom. The average Bonchev–Trinajstić information content (AvgIpc) is 2.16. The van der Waals surface area contributed by atoms with Crippen molar-refractivity contribution in [3.63, 3.8) is 0 Å². The Hall–Kier alpha value is -1.01. The van der Waals surface area contributed by atoms with Crippen LogP contribution >= 0.6 is 15.9 Å². The summed E-state index contributed by atoms with van der Waals surface area (Å²) in [4.78, 5) is 9.86. The van der Waals surface area contributed by atoms with Crippen molar-refractivity contribution in [2.75, 3.05) is 5.33 Å². The van der Waals surface area contributed by atoms with Gasteiger partial charge in [0.05, 0.1) is 16.6 Å². The van der Waals surface area contributed by atoms with E-state index < -0.39 is 16.8 Å². The molecule has 0 radical (unpaired) electrons. The van der Waals surface area contributed by atoms with Crippen LogP contribution in [-0.4, -0.2) is 15.4 Å². The Balaban J connectivity index is 3.22. The maximum atomic E-state index is 12.8. The monoisotopic (exact) mass is 263 g/mol. The van der Waals surface area contributed by atoms with Gasteiger partial charge in [0.1, 0.15) is 5.82 Å². The summed E-state index contributed by atoms with van der Waals surface area (Å²) in [6.45, 7) is 0. The van der Waals surface area contributed by atoms with Crippen molar-refractivity contribution in [3.8, 4) is 0 Å². The highest BCUT2D eigenvalue weighted by Crippen LogP contribution is 2.26. The van der Waals surface area contributed by atoms with Gasteiger partial charge in [0.2, 0.25) is 0 Å². The van der Waals surface area contributed by atoms with E-state index in [0.29, 0.717) is 0 Å². The molecule has 6 heteroatoms. The summed E-state index contributed by atoms with van der Waals surface area (Å²) in [5.41, 5.74) is -0.301. The second-order valence-electron chi connectivity index (χ2n) is 2.63. The van der Waals surface area contributed by atoms with E-state index >= 15 is 0 Å². The number of aliphatic hydroxyl groups is 1. The molecule has 0 saturated carbocycles. The minimum atomic E-state index is -1.08. The van der Waals surface area contributed by atoms with Gasteiger partial charge in [0.15, 0.2) is 0 Å². The molecule has 1 unspecified atom stereocenters. The number of benzene rings is 1. The topological polar surface area (TPSA) is 63.4 Å². The summed E-state index contributed by atoms with van der Waals surface area (Å²) in [7, 11) is 0. The van der Waals surface area contributed by atoms with Gasteiger partial charge in [-0.3, -0.25) is 10.1 Å². The minimum Gasteiger partial charge on any atom is -0.387 e. The van der Waals surface area contributed by atoms with E-state index in [1.807, 2.05) is 0 Å². The zero-order valence-electron chi connectivity index (χ0n) is 6.98. The first kappa shape index (κ1) is 11.1. The molecular weight excluding hydrogens is 257 g/mol. The number of nitrogens with zero attached hydrogens (tertiary/aromatic N) is 1. The lowest BCUT2D eigenvalue weighted by Crippen LogP contribution is -2.03. The van der Waals surface area contributed by atoms with Crippen molar-refractivity contribution >= 4 is 21.6 Å². The molecule has 0 spiro atoms. The number of hydrogen-bond acceptors (Lipinski definition) is 3. The maximum absolute atomic E-state index is 12.8. The molecule has 0 saturated heterocycles. The lowest BCUT2D eigenvalue weighted by molar-refractivity contribution is -0.386. The molecule has 0 fully saturated rings. The predicted molar refractivity (Wildman–Crippen MR) is 51.8 cm³/mol. The van der Waals surface area contributed by atoms with Crippen molar-refractivity contribution in [3.05, 3.63) is 39.7 Å². The fraction of sp³-hybridized carbons (Fsp3) is 0.250. The average molecular weight is 264 g/mol. The van der Waals surface area contributed by atoms with E-state index in [-0.39, 0.29) is 16.6 Å². The van der Waals surface area contributed by atoms with Crippen molar-refractivity contribution in [2.45, 2.75) is 6.10 Å². The molecule has 1 aromatic carbocycles. The minimum absolute atomic E-state index is 0.0214. The standard InChI is InChI=1S/C8H7BrFNO3/c9-4-8(12)6-3-5(10)1-2-7(6)11(13)14/h1-3,8,12H,4H2. The SMILES string of the molecule is O=[N+]([O-])c1ccc(F)cc1C(O)CBr. The fourth-order valence-corrected chi connectivity index (χ4v) is 1.39. The zero-order valence-corrected chi connectivity index (χ0v) is 8.57. The van der Waals surface area contributed by atoms with Gasteiger partial charge >= 0.3 is 0 Å². The molecule has 1 N–H and O–H groups in total. The highest BCUT2D eigenvalue weighted by Gasteiger charge is 2.20. The molecule has 0 bridgehead atoms. The van der Waals surface area contributed by atoms with Crippen LogP contribution in [0.5, 0.6) is 0 Å². The summed E-state index contributed by atoms with van der Waals surface area (Å²) in [6, 6.07) is 2.99. The summed E-state index contributed by atoms with van der Waals surface area (Å²) < 4.78 is 12.8. The van der Waals surface area contributed by atoms with Crippen LogP contribution in [0, 0.1) is 15.9 Å². The summed E-state index contributed by atoms with van der Waals surface area (Å²) in [6.07, 6.45) is -1.08. The van der Waals surface area contributed by atoms with Crippen molar-refractivity contribution in [1.82, 2.24) is 0 Å². The number of alkyl halides is 1. The number of nitro groups is 1. The molecular formula is C8H7BrFNO3. The van der Waals surface area contributed by atoms with Crippen LogP contribution in [0.25, 0.3) is 0 Å². The third-order valence-electron chi connectivity index (χ3n) is 1.69. The van der Waals surface area contributed by atoms with Gasteiger partial charge < -0.3 is 5.11 Å². The number of nitro benzene ring substituents is 1. The Kier molecular flexibility index (Phi) is 3.54. The number of halogens is 2.